The number of nitrogens with one attached hydrogen (secondary N) is 2. The van der Waals surface area contributed by atoms with Crippen LogP contribution in [0.5, 0.6) is 0 Å². The van der Waals surface area contributed by atoms with Crippen molar-refractivity contribution in [1.82, 2.24) is 4.98 Å². The van der Waals surface area contributed by atoms with Crippen LogP contribution >= 0.6 is 11.3 Å². The minimum Gasteiger partial charge on any atom is -0.270 e. The Morgan fingerprint density at radius 3 is 2.70 bits per heavy atom. The molecule has 0 fully saturated rings. The minimum atomic E-state index is 0.0851. The molecule has 0 bridgehead atoms. The quantitative estimate of drug-likeness (QED) is 0.880. The van der Waals surface area contributed by atoms with E-state index in [2.05, 4.69) is 47.9 Å². The van der Waals surface area contributed by atoms with Crippen molar-refractivity contribution in [2.24, 2.45) is 0 Å². The van der Waals surface area contributed by atoms with E-state index in [9.17, 15) is 0 Å². The van der Waals surface area contributed by atoms with Crippen molar-refractivity contribution in [2.45, 2.75) is 39.7 Å². The van der Waals surface area contributed by atoms with Crippen LogP contribution in [0.1, 0.15) is 43.5 Å². The molecule has 2 aromatic rings. The number of thiazole rings is 1. The predicted octanol–water partition coefficient (Wildman–Crippen LogP) is 3.27. The number of H-pyrrole nitrogens is 1. The molecule has 4 heteroatoms. The molecular formula is C16H20N3S+. The number of anilines is 1. The molecule has 2 aromatic heterocycles. The van der Waals surface area contributed by atoms with Crippen LogP contribution in [0.25, 0.3) is 0 Å². The molecule has 0 aromatic carbocycles. The molecule has 0 atom stereocenters. The molecule has 0 unspecified atom stereocenters. The highest BCUT2D eigenvalue weighted by Gasteiger charge is 2.20. The van der Waals surface area contributed by atoms with Gasteiger partial charge in [0.15, 0.2) is 0 Å². The Morgan fingerprint density at radius 1 is 1.35 bits per heavy atom. The van der Waals surface area contributed by atoms with Gasteiger partial charge >= 0.3 is 0 Å². The van der Waals surface area contributed by atoms with Crippen molar-refractivity contribution >= 4 is 17.2 Å². The fraction of sp³-hybridized carbons (Fsp3) is 0.375. The average molecular weight is 286 g/mol. The van der Waals surface area contributed by atoms with E-state index in [0.717, 1.165) is 28.5 Å². The van der Waals surface area contributed by atoms with Gasteiger partial charge < -0.3 is 0 Å². The van der Waals surface area contributed by atoms with Gasteiger partial charge in [-0.2, -0.15) is 0 Å². The topological polar surface area (TPSA) is 39.1 Å². The summed E-state index contributed by atoms with van der Waals surface area (Å²) in [5, 5.41) is 6.48. The van der Waals surface area contributed by atoms with Gasteiger partial charge in [-0.15, -0.1) is 11.3 Å². The van der Waals surface area contributed by atoms with E-state index >= 15 is 0 Å². The summed E-state index contributed by atoms with van der Waals surface area (Å²) in [5.74, 6) is 7.19. The summed E-state index contributed by atoms with van der Waals surface area (Å²) in [4.78, 5) is 7.56. The third-order valence-corrected chi connectivity index (χ3v) is 3.90. The molecule has 0 radical (unpaired) electrons. The van der Waals surface area contributed by atoms with Crippen LogP contribution in [0.3, 0.4) is 0 Å². The molecule has 2 rings (SSSR count). The lowest BCUT2D eigenvalue weighted by Crippen LogP contribution is -2.32. The number of hydrogen-bond donors (Lipinski definition) is 1. The number of hydrogen-bond acceptors (Lipinski definition) is 3. The summed E-state index contributed by atoms with van der Waals surface area (Å²) in [6.07, 6.45) is 2.98. The first-order chi connectivity index (χ1) is 9.48. The Bertz CT molecular complexity index is 630. The van der Waals surface area contributed by atoms with Gasteiger partial charge in [-0.3, -0.25) is 5.32 Å². The Labute approximate surface area is 124 Å². The first-order valence-corrected chi connectivity index (χ1v) is 7.60. The first kappa shape index (κ1) is 14.5. The average Bonchev–Trinajstić information content (AvgIpc) is 2.83. The van der Waals surface area contributed by atoms with Gasteiger partial charge in [0.05, 0.1) is 16.1 Å². The fourth-order valence-electron chi connectivity index (χ4n) is 1.59. The normalized spacial score (nSPS) is 10.8. The lowest BCUT2D eigenvalue weighted by molar-refractivity contribution is -0.362. The van der Waals surface area contributed by atoms with E-state index in [0.29, 0.717) is 0 Å². The Kier molecular flexibility index (Phi) is 4.41. The molecule has 2 N–H and O–H groups in total. The SMILES string of the molecule is CCC(C)(C)Nc1ccc(C#Cc2csc(C)n2)c[nH+]1. The standard InChI is InChI=1S/C16H19N3S/c1-5-16(3,4)19-15-9-7-13(10-17-15)6-8-14-11-20-12(2)18-14/h7,9-11H,5H2,1-4H3,(H,17,19)/p+1. The smallest absolute Gasteiger partial charge is 0.270 e. The van der Waals surface area contributed by atoms with Crippen molar-refractivity contribution in [3.05, 3.63) is 40.0 Å². The van der Waals surface area contributed by atoms with E-state index in [1.807, 2.05) is 30.6 Å². The number of rotatable bonds is 3. The number of nitrogens with zero attached hydrogens (tertiary/aromatic N) is 1. The molecule has 0 aliphatic heterocycles. The van der Waals surface area contributed by atoms with Gasteiger partial charge in [0.25, 0.3) is 5.82 Å². The number of aromatic amines is 1. The second-order valence-corrected chi connectivity index (χ2v) is 6.42. The molecule has 2 heterocycles. The van der Waals surface area contributed by atoms with E-state index in [-0.39, 0.29) is 5.54 Å². The van der Waals surface area contributed by atoms with Gasteiger partial charge in [-0.05, 0) is 39.2 Å². The lowest BCUT2D eigenvalue weighted by atomic mass is 10.0. The monoisotopic (exact) mass is 286 g/mol. The molecule has 0 aliphatic carbocycles. The Balaban J connectivity index is 2.07. The third-order valence-electron chi connectivity index (χ3n) is 3.12. The summed E-state index contributed by atoms with van der Waals surface area (Å²) in [7, 11) is 0. The molecule has 20 heavy (non-hydrogen) atoms. The van der Waals surface area contributed by atoms with Gasteiger partial charge in [-0.25, -0.2) is 9.97 Å². The van der Waals surface area contributed by atoms with Crippen LogP contribution < -0.4 is 10.3 Å². The molecule has 0 saturated carbocycles. The van der Waals surface area contributed by atoms with E-state index in [4.69, 9.17) is 0 Å². The van der Waals surface area contributed by atoms with Gasteiger partial charge in [0.1, 0.15) is 11.9 Å². The number of aryl methyl sites for hydroxylation is 1. The van der Waals surface area contributed by atoms with Crippen molar-refractivity contribution in [1.29, 1.82) is 0 Å². The maximum absolute atomic E-state index is 4.33. The van der Waals surface area contributed by atoms with Crippen LogP contribution in [0.2, 0.25) is 0 Å². The molecule has 104 valence electrons. The highest BCUT2D eigenvalue weighted by molar-refractivity contribution is 7.09. The van der Waals surface area contributed by atoms with Gasteiger partial charge in [0, 0.05) is 11.4 Å². The summed E-state index contributed by atoms with van der Waals surface area (Å²) < 4.78 is 0. The number of pyridine rings is 1. The molecular weight excluding hydrogens is 266 g/mol. The van der Waals surface area contributed by atoms with Crippen molar-refractivity contribution in [2.75, 3.05) is 5.32 Å². The van der Waals surface area contributed by atoms with E-state index < -0.39 is 0 Å². The summed E-state index contributed by atoms with van der Waals surface area (Å²) in [6, 6.07) is 4.03. The van der Waals surface area contributed by atoms with Gasteiger partial charge in [-0.1, -0.05) is 12.8 Å². The molecule has 0 amide bonds. The Morgan fingerprint density at radius 2 is 2.15 bits per heavy atom. The van der Waals surface area contributed by atoms with Crippen LogP contribution in [0.15, 0.2) is 23.7 Å². The van der Waals surface area contributed by atoms with E-state index in [1.54, 1.807) is 11.3 Å². The minimum absolute atomic E-state index is 0.0851. The van der Waals surface area contributed by atoms with Crippen LogP contribution in [-0.4, -0.2) is 10.5 Å². The van der Waals surface area contributed by atoms with Crippen LogP contribution in [0, 0.1) is 18.8 Å². The zero-order valence-electron chi connectivity index (χ0n) is 12.4. The highest BCUT2D eigenvalue weighted by atomic mass is 32.1. The zero-order valence-corrected chi connectivity index (χ0v) is 13.2. The highest BCUT2D eigenvalue weighted by Crippen LogP contribution is 2.14. The fourth-order valence-corrected chi connectivity index (χ4v) is 2.14. The maximum Gasteiger partial charge on any atom is 0.272 e. The van der Waals surface area contributed by atoms with Gasteiger partial charge in [0.2, 0.25) is 0 Å². The zero-order chi connectivity index (χ0) is 14.6. The van der Waals surface area contributed by atoms with Crippen LogP contribution in [-0.2, 0) is 0 Å². The van der Waals surface area contributed by atoms with Crippen molar-refractivity contribution in [3.8, 4) is 11.8 Å². The van der Waals surface area contributed by atoms with Crippen molar-refractivity contribution < 1.29 is 4.98 Å². The largest absolute Gasteiger partial charge is 0.272 e. The second kappa shape index (κ2) is 6.06. The number of aromatic nitrogens is 2. The Hall–Kier alpha value is -1.86. The third kappa shape index (κ3) is 4.07. The summed E-state index contributed by atoms with van der Waals surface area (Å²) in [5.41, 5.74) is 1.87. The maximum atomic E-state index is 4.33. The summed E-state index contributed by atoms with van der Waals surface area (Å²) >= 11 is 1.62. The first-order valence-electron chi connectivity index (χ1n) is 6.72. The van der Waals surface area contributed by atoms with E-state index in [1.165, 1.54) is 0 Å². The predicted molar refractivity (Wildman–Crippen MR) is 83.8 cm³/mol. The summed E-state index contributed by atoms with van der Waals surface area (Å²) in [6.45, 7) is 8.51. The lowest BCUT2D eigenvalue weighted by Gasteiger charge is -2.18. The molecule has 0 saturated heterocycles. The molecule has 3 nitrogen and oxygen atoms in total. The molecule has 0 aliphatic rings. The van der Waals surface area contributed by atoms with Crippen LogP contribution in [0.4, 0.5) is 5.82 Å². The van der Waals surface area contributed by atoms with Crippen molar-refractivity contribution in [3.63, 3.8) is 0 Å². The second-order valence-electron chi connectivity index (χ2n) is 5.36. The molecule has 0 spiro atoms.